The summed E-state index contributed by atoms with van der Waals surface area (Å²) in [6.45, 7) is 2.36. The monoisotopic (exact) mass is 251 g/mol. The average molecular weight is 252 g/mol. The highest BCUT2D eigenvalue weighted by atomic mass is 79.9. The molecule has 1 aromatic carbocycles. The molecule has 0 saturated heterocycles. The summed E-state index contributed by atoms with van der Waals surface area (Å²) in [5, 5.41) is 0. The van der Waals surface area contributed by atoms with Crippen LogP contribution in [0.4, 0.5) is 0 Å². The molecule has 0 N–H and O–H groups in total. The Kier molecular flexibility index (Phi) is 1.80. The number of hydrogen-bond donors (Lipinski definition) is 0. The van der Waals surface area contributed by atoms with Crippen molar-refractivity contribution in [3.63, 3.8) is 0 Å². The van der Waals surface area contributed by atoms with Crippen molar-refractivity contribution in [2.24, 2.45) is 0 Å². The number of hydrogen-bond acceptors (Lipinski definition) is 1. The Hall–Kier alpha value is -0.340. The molecule has 0 aromatic heterocycles. The van der Waals surface area contributed by atoms with Gasteiger partial charge in [-0.25, -0.2) is 0 Å². The van der Waals surface area contributed by atoms with Crippen molar-refractivity contribution in [3.8, 4) is 0 Å². The van der Waals surface area contributed by atoms with Crippen LogP contribution in [0.25, 0.3) is 0 Å². The van der Waals surface area contributed by atoms with Crippen LogP contribution in [0.15, 0.2) is 22.7 Å². The molecule has 1 nitrogen and oxygen atoms in total. The normalized spacial score (nSPS) is 23.6. The summed E-state index contributed by atoms with van der Waals surface area (Å²) >= 11 is 3.57. The number of fused-ring (bicyclic) bond motifs is 2. The fourth-order valence-electron chi connectivity index (χ4n) is 2.71. The molecular formula is C12H14BrN. The van der Waals surface area contributed by atoms with Gasteiger partial charge in [-0.3, -0.25) is 0 Å². The van der Waals surface area contributed by atoms with Gasteiger partial charge in [-0.1, -0.05) is 22.0 Å². The first-order valence-electron chi connectivity index (χ1n) is 5.17. The minimum Gasteiger partial charge on any atom is -0.301 e. The van der Waals surface area contributed by atoms with Crippen molar-refractivity contribution in [2.45, 2.75) is 24.8 Å². The zero-order valence-corrected chi connectivity index (χ0v) is 9.97. The second kappa shape index (κ2) is 2.83. The van der Waals surface area contributed by atoms with Crippen molar-refractivity contribution < 1.29 is 0 Å². The maximum atomic E-state index is 3.57. The van der Waals surface area contributed by atoms with Gasteiger partial charge in [0.15, 0.2) is 0 Å². The summed E-state index contributed by atoms with van der Waals surface area (Å²) < 4.78 is 1.23. The van der Waals surface area contributed by atoms with Crippen molar-refractivity contribution in [1.82, 2.24) is 4.90 Å². The van der Waals surface area contributed by atoms with Gasteiger partial charge in [0, 0.05) is 23.0 Å². The predicted molar refractivity (Wildman–Crippen MR) is 61.4 cm³/mol. The molecule has 1 saturated carbocycles. The van der Waals surface area contributed by atoms with Gasteiger partial charge >= 0.3 is 0 Å². The minimum atomic E-state index is 0.520. The Morgan fingerprint density at radius 1 is 1.36 bits per heavy atom. The third-order valence-electron chi connectivity index (χ3n) is 3.51. The fourth-order valence-corrected chi connectivity index (χ4v) is 3.07. The van der Waals surface area contributed by atoms with Gasteiger partial charge < -0.3 is 4.90 Å². The number of likely N-dealkylation sites (N-methyl/N-ethyl adjacent to an activating group) is 1. The lowest BCUT2D eigenvalue weighted by Gasteiger charge is -2.32. The lowest BCUT2D eigenvalue weighted by molar-refractivity contribution is 0.271. The van der Waals surface area contributed by atoms with E-state index < -0.39 is 0 Å². The van der Waals surface area contributed by atoms with E-state index in [1.165, 1.54) is 29.4 Å². The zero-order chi connectivity index (χ0) is 9.76. The van der Waals surface area contributed by atoms with E-state index >= 15 is 0 Å². The van der Waals surface area contributed by atoms with Gasteiger partial charge in [-0.05, 0) is 43.1 Å². The summed E-state index contributed by atoms with van der Waals surface area (Å²) in [5.74, 6) is 0. The van der Waals surface area contributed by atoms with Gasteiger partial charge in [-0.15, -0.1) is 0 Å². The molecule has 0 bridgehead atoms. The molecular weight excluding hydrogens is 238 g/mol. The van der Waals surface area contributed by atoms with Gasteiger partial charge in [0.1, 0.15) is 0 Å². The quantitative estimate of drug-likeness (QED) is 0.686. The van der Waals surface area contributed by atoms with Gasteiger partial charge in [0.2, 0.25) is 0 Å². The van der Waals surface area contributed by atoms with Gasteiger partial charge in [0.25, 0.3) is 0 Å². The molecule has 0 radical (unpaired) electrons. The van der Waals surface area contributed by atoms with E-state index in [1.807, 2.05) is 0 Å². The Balaban J connectivity index is 2.13. The topological polar surface area (TPSA) is 3.24 Å². The molecule has 74 valence electrons. The highest BCUT2D eigenvalue weighted by Crippen LogP contribution is 2.52. The van der Waals surface area contributed by atoms with Crippen LogP contribution in [0.2, 0.25) is 0 Å². The molecule has 2 aliphatic rings. The van der Waals surface area contributed by atoms with Crippen LogP contribution in [-0.2, 0) is 12.0 Å². The molecule has 14 heavy (non-hydrogen) atoms. The zero-order valence-electron chi connectivity index (χ0n) is 8.39. The first-order valence-corrected chi connectivity index (χ1v) is 5.96. The molecule has 1 fully saturated rings. The smallest absolute Gasteiger partial charge is 0.0234 e. The van der Waals surface area contributed by atoms with Crippen LogP contribution in [0.5, 0.6) is 0 Å². The van der Waals surface area contributed by atoms with Crippen LogP contribution in [0.1, 0.15) is 24.0 Å². The Bertz CT molecular complexity index is 382. The first kappa shape index (κ1) is 8.93. The lowest BCUT2D eigenvalue weighted by atomic mass is 9.87. The van der Waals surface area contributed by atoms with Crippen LogP contribution >= 0.6 is 15.9 Å². The summed E-state index contributed by atoms with van der Waals surface area (Å²) in [4.78, 5) is 2.45. The van der Waals surface area contributed by atoms with E-state index in [4.69, 9.17) is 0 Å². The van der Waals surface area contributed by atoms with Crippen molar-refractivity contribution in [1.29, 1.82) is 0 Å². The summed E-state index contributed by atoms with van der Waals surface area (Å²) in [7, 11) is 2.23. The first-order chi connectivity index (χ1) is 6.70. The van der Waals surface area contributed by atoms with E-state index in [2.05, 4.69) is 46.1 Å². The fraction of sp³-hybridized carbons (Fsp3) is 0.500. The second-order valence-corrected chi connectivity index (χ2v) is 5.67. The van der Waals surface area contributed by atoms with Crippen LogP contribution < -0.4 is 0 Å². The van der Waals surface area contributed by atoms with Crippen LogP contribution in [0, 0.1) is 0 Å². The summed E-state index contributed by atoms with van der Waals surface area (Å²) in [6.07, 6.45) is 2.75. The largest absolute Gasteiger partial charge is 0.301 e. The average Bonchev–Trinajstić information content (AvgIpc) is 2.88. The van der Waals surface area contributed by atoms with E-state index in [0.29, 0.717) is 5.41 Å². The third-order valence-corrected chi connectivity index (χ3v) is 4.00. The van der Waals surface area contributed by atoms with E-state index in [1.54, 1.807) is 5.56 Å². The highest BCUT2D eigenvalue weighted by molar-refractivity contribution is 9.10. The predicted octanol–water partition coefficient (Wildman–Crippen LogP) is 2.93. The van der Waals surface area contributed by atoms with Crippen molar-refractivity contribution in [2.75, 3.05) is 13.6 Å². The molecule has 3 rings (SSSR count). The molecule has 1 aliphatic carbocycles. The number of benzene rings is 1. The van der Waals surface area contributed by atoms with Gasteiger partial charge in [-0.2, -0.15) is 0 Å². The second-order valence-electron chi connectivity index (χ2n) is 4.75. The SMILES string of the molecule is CN1Cc2ccc(Br)cc2C2(CC2)C1. The Morgan fingerprint density at radius 2 is 2.14 bits per heavy atom. The number of halogens is 1. The molecule has 0 amide bonds. The standard InChI is InChI=1S/C12H14BrN/c1-14-7-9-2-3-10(13)6-11(9)12(8-14)4-5-12/h2-3,6H,4-5,7-8H2,1H3. The Morgan fingerprint density at radius 3 is 2.86 bits per heavy atom. The lowest BCUT2D eigenvalue weighted by Crippen LogP contribution is -2.35. The summed E-state index contributed by atoms with van der Waals surface area (Å²) in [5.41, 5.74) is 3.65. The van der Waals surface area contributed by atoms with E-state index in [9.17, 15) is 0 Å². The van der Waals surface area contributed by atoms with Crippen LogP contribution in [0.3, 0.4) is 0 Å². The molecule has 1 spiro atoms. The highest BCUT2D eigenvalue weighted by Gasteiger charge is 2.48. The van der Waals surface area contributed by atoms with Crippen molar-refractivity contribution >= 4 is 15.9 Å². The maximum absolute atomic E-state index is 3.57. The third kappa shape index (κ3) is 1.24. The molecule has 0 atom stereocenters. The molecule has 1 aliphatic heterocycles. The summed E-state index contributed by atoms with van der Waals surface area (Å²) in [6, 6.07) is 6.76. The van der Waals surface area contributed by atoms with Crippen molar-refractivity contribution in [3.05, 3.63) is 33.8 Å². The van der Waals surface area contributed by atoms with E-state index in [-0.39, 0.29) is 0 Å². The molecule has 0 unspecified atom stereocenters. The van der Waals surface area contributed by atoms with E-state index in [0.717, 1.165) is 6.54 Å². The molecule has 2 heteroatoms. The Labute approximate surface area is 93.2 Å². The minimum absolute atomic E-state index is 0.520. The molecule has 1 aromatic rings. The number of nitrogens with zero attached hydrogens (tertiary/aromatic N) is 1. The van der Waals surface area contributed by atoms with Crippen LogP contribution in [-0.4, -0.2) is 18.5 Å². The number of rotatable bonds is 0. The van der Waals surface area contributed by atoms with Gasteiger partial charge in [0.05, 0.1) is 0 Å². The maximum Gasteiger partial charge on any atom is 0.0234 e. The molecule has 1 heterocycles.